The summed E-state index contributed by atoms with van der Waals surface area (Å²) < 4.78 is 31.5. The van der Waals surface area contributed by atoms with Gasteiger partial charge in [0.15, 0.2) is 0 Å². The van der Waals surface area contributed by atoms with Gasteiger partial charge in [-0.2, -0.15) is 0 Å². The van der Waals surface area contributed by atoms with E-state index in [0.717, 1.165) is 16.5 Å². The molecule has 0 aliphatic heterocycles. The maximum Gasteiger partial charge on any atom is 0.272 e. The highest BCUT2D eigenvalue weighted by Crippen LogP contribution is 2.35. The quantitative estimate of drug-likeness (QED) is 0.774. The first kappa shape index (κ1) is 14.9. The Hall–Kier alpha value is -0.540. The molecule has 0 saturated carbocycles. The molecule has 1 aromatic carbocycles. The van der Waals surface area contributed by atoms with Gasteiger partial charge in [0.25, 0.3) is 6.43 Å². The van der Waals surface area contributed by atoms with Gasteiger partial charge in [-0.05, 0) is 24.6 Å². The number of hydrogen-bond acceptors (Lipinski definition) is 3. The number of aryl methyl sites for hydroxylation is 1. The lowest BCUT2D eigenvalue weighted by molar-refractivity contribution is 0.0807. The Kier molecular flexibility index (Phi) is 4.91. The van der Waals surface area contributed by atoms with Crippen molar-refractivity contribution in [2.75, 3.05) is 6.61 Å². The molecule has 19 heavy (non-hydrogen) atoms. The molecule has 0 bridgehead atoms. The second-order valence-electron chi connectivity index (χ2n) is 4.00. The molecular formula is C12H12F2INO2S. The minimum absolute atomic E-state index is 0.245. The number of nitrogens with zero attached hydrogens (tertiary/aromatic N) is 1. The molecule has 3 nitrogen and oxygen atoms in total. The Labute approximate surface area is 125 Å². The fraction of sp³-hybridized carbons (Fsp3) is 0.333. The van der Waals surface area contributed by atoms with Crippen LogP contribution in [-0.2, 0) is 6.61 Å². The summed E-state index contributed by atoms with van der Waals surface area (Å²) in [7, 11) is 1.51. The summed E-state index contributed by atoms with van der Waals surface area (Å²) in [5, 5.41) is 10.3. The number of rotatable bonds is 5. The van der Waals surface area contributed by atoms with Crippen molar-refractivity contribution < 1.29 is 18.6 Å². The minimum atomic E-state index is -2.53. The zero-order chi connectivity index (χ0) is 14.0. The molecule has 0 amide bonds. The molecule has 7 heteroatoms. The summed E-state index contributed by atoms with van der Waals surface area (Å²) in [5.41, 5.74) is 2.43. The monoisotopic (exact) mass is 399 g/mol. The van der Waals surface area contributed by atoms with Crippen LogP contribution >= 0.6 is 30.3 Å². The predicted octanol–water partition coefficient (Wildman–Crippen LogP) is 3.93. The number of alkyl halides is 2. The van der Waals surface area contributed by atoms with Crippen LogP contribution in [-0.4, -0.2) is 22.1 Å². The minimum Gasteiger partial charge on any atom is -0.487 e. The number of halogens is 3. The van der Waals surface area contributed by atoms with Gasteiger partial charge >= 0.3 is 0 Å². The van der Waals surface area contributed by atoms with Crippen molar-refractivity contribution >= 4 is 41.2 Å². The molecule has 2 aromatic rings. The van der Waals surface area contributed by atoms with Gasteiger partial charge in [-0.15, -0.1) is 0 Å². The van der Waals surface area contributed by atoms with Gasteiger partial charge in [0, 0.05) is 47.5 Å². The molecular weight excluding hydrogens is 387 g/mol. The third-order valence-electron chi connectivity index (χ3n) is 2.79. The Morgan fingerprint density at radius 2 is 2.26 bits per heavy atom. The predicted molar refractivity (Wildman–Crippen MR) is 81.1 cm³/mol. The van der Waals surface area contributed by atoms with Crippen LogP contribution in [0.3, 0.4) is 0 Å². The highest BCUT2D eigenvalue weighted by Gasteiger charge is 2.15. The molecule has 2 rings (SSSR count). The van der Waals surface area contributed by atoms with Gasteiger partial charge in [0.1, 0.15) is 12.4 Å². The summed E-state index contributed by atoms with van der Waals surface area (Å²) in [4.78, 5) is 0. The fourth-order valence-electron chi connectivity index (χ4n) is 2.03. The van der Waals surface area contributed by atoms with E-state index in [0.29, 0.717) is 11.3 Å². The van der Waals surface area contributed by atoms with E-state index in [1.165, 1.54) is 9.12 Å². The number of ether oxygens (including phenoxy) is 1. The second kappa shape index (κ2) is 6.27. The zero-order valence-electron chi connectivity index (χ0n) is 10.1. The lowest BCUT2D eigenvalue weighted by Crippen LogP contribution is -2.09. The van der Waals surface area contributed by atoms with E-state index in [1.807, 2.05) is 23.2 Å². The van der Waals surface area contributed by atoms with Crippen LogP contribution < -0.4 is 4.74 Å². The van der Waals surface area contributed by atoms with Crippen LogP contribution in [0.5, 0.6) is 5.75 Å². The smallest absolute Gasteiger partial charge is 0.272 e. The number of fused-ring (bicyclic) bond motifs is 1. The van der Waals surface area contributed by atoms with Crippen LogP contribution in [0, 0.1) is 6.92 Å². The molecule has 0 atom stereocenters. The Morgan fingerprint density at radius 3 is 2.84 bits per heavy atom. The topological polar surface area (TPSA) is 34.4 Å². The van der Waals surface area contributed by atoms with Crippen molar-refractivity contribution in [2.45, 2.75) is 20.0 Å². The van der Waals surface area contributed by atoms with Crippen LogP contribution in [0.25, 0.3) is 10.9 Å². The van der Waals surface area contributed by atoms with E-state index in [1.54, 1.807) is 6.07 Å². The Bertz CT molecular complexity index is 589. The molecule has 1 heterocycles. The average Bonchev–Trinajstić information content (AvgIpc) is 2.80. The number of aliphatic hydroxyl groups excluding tert-OH is 1. The van der Waals surface area contributed by atoms with Crippen molar-refractivity contribution in [2.24, 2.45) is 0 Å². The van der Waals surface area contributed by atoms with Crippen molar-refractivity contribution in [1.29, 1.82) is 0 Å². The molecule has 0 aliphatic rings. The molecule has 0 unspecified atom stereocenters. The summed E-state index contributed by atoms with van der Waals surface area (Å²) in [5.74, 6) is 0.323. The van der Waals surface area contributed by atoms with E-state index in [2.05, 4.69) is 21.2 Å². The van der Waals surface area contributed by atoms with Crippen molar-refractivity contribution in [1.82, 2.24) is 3.97 Å². The first-order valence-corrected chi connectivity index (χ1v) is 8.84. The third kappa shape index (κ3) is 2.97. The third-order valence-corrected chi connectivity index (χ3v) is 4.52. The SMILES string of the molecule is Cc1cc(OCC(F)F)c(CO)c2ccn(SI)c12. The normalized spacial score (nSPS) is 11.5. The number of benzene rings is 1. The highest BCUT2D eigenvalue weighted by atomic mass is 127. The van der Waals surface area contributed by atoms with Gasteiger partial charge < -0.3 is 9.84 Å². The van der Waals surface area contributed by atoms with Gasteiger partial charge in [0.2, 0.25) is 0 Å². The molecule has 0 aliphatic carbocycles. The van der Waals surface area contributed by atoms with Crippen molar-refractivity contribution in [3.63, 3.8) is 0 Å². The van der Waals surface area contributed by atoms with Gasteiger partial charge in [-0.25, -0.2) is 8.78 Å². The lowest BCUT2D eigenvalue weighted by Gasteiger charge is -2.13. The zero-order valence-corrected chi connectivity index (χ0v) is 13.0. The van der Waals surface area contributed by atoms with Crippen LogP contribution in [0.15, 0.2) is 18.3 Å². The van der Waals surface area contributed by atoms with E-state index >= 15 is 0 Å². The van der Waals surface area contributed by atoms with Crippen molar-refractivity contribution in [3.8, 4) is 5.75 Å². The van der Waals surface area contributed by atoms with Gasteiger partial charge in [-0.3, -0.25) is 3.97 Å². The molecule has 0 radical (unpaired) electrons. The maximum absolute atomic E-state index is 12.2. The van der Waals surface area contributed by atoms with E-state index < -0.39 is 13.0 Å². The van der Waals surface area contributed by atoms with E-state index in [-0.39, 0.29) is 6.61 Å². The molecule has 0 fully saturated rings. The van der Waals surface area contributed by atoms with Gasteiger partial charge in [-0.1, -0.05) is 0 Å². The summed E-state index contributed by atoms with van der Waals surface area (Å²) in [6.45, 7) is 0.979. The molecule has 1 aromatic heterocycles. The van der Waals surface area contributed by atoms with Crippen LogP contribution in [0.4, 0.5) is 8.78 Å². The van der Waals surface area contributed by atoms with Crippen LogP contribution in [0.2, 0.25) is 0 Å². The lowest BCUT2D eigenvalue weighted by atomic mass is 10.1. The van der Waals surface area contributed by atoms with E-state index in [9.17, 15) is 13.9 Å². The first-order chi connectivity index (χ1) is 9.08. The number of hydrogen-bond donors (Lipinski definition) is 1. The summed E-state index contributed by atoms with van der Waals surface area (Å²) >= 11 is 2.16. The van der Waals surface area contributed by atoms with Crippen LogP contribution in [0.1, 0.15) is 11.1 Å². The first-order valence-electron chi connectivity index (χ1n) is 5.53. The number of aromatic nitrogens is 1. The standard InChI is InChI=1S/C12H12F2INO2S/c1-7-4-10(18-6-11(13)14)9(5-17)8-2-3-16(19-15)12(7)8/h2-4,11,17H,5-6H2,1H3. The molecule has 0 saturated heterocycles. The number of aliphatic hydroxyl groups is 1. The largest absolute Gasteiger partial charge is 0.487 e. The molecule has 1 N–H and O–H groups in total. The molecule has 104 valence electrons. The maximum atomic E-state index is 12.2. The summed E-state index contributed by atoms with van der Waals surface area (Å²) in [6.07, 6.45) is -0.651. The average molecular weight is 399 g/mol. The van der Waals surface area contributed by atoms with E-state index in [4.69, 9.17) is 4.74 Å². The molecule has 0 spiro atoms. The second-order valence-corrected chi connectivity index (χ2v) is 5.72. The summed E-state index contributed by atoms with van der Waals surface area (Å²) in [6, 6.07) is 3.55. The van der Waals surface area contributed by atoms with Gasteiger partial charge in [0.05, 0.1) is 12.1 Å². The fourth-order valence-corrected chi connectivity index (χ4v) is 3.43. The highest BCUT2D eigenvalue weighted by molar-refractivity contribution is 14.2. The Balaban J connectivity index is 2.54. The van der Waals surface area contributed by atoms with Crippen molar-refractivity contribution in [3.05, 3.63) is 29.5 Å². The Morgan fingerprint density at radius 1 is 1.53 bits per heavy atom.